The summed E-state index contributed by atoms with van der Waals surface area (Å²) in [5.74, 6) is 0.397. The molecule has 0 unspecified atom stereocenters. The Morgan fingerprint density at radius 3 is 2.55 bits per heavy atom. The molecule has 3 aromatic rings. The first kappa shape index (κ1) is 18.7. The predicted octanol–water partition coefficient (Wildman–Crippen LogP) is 0.747. The number of hydrogen-bond donors (Lipinski definition) is 1. The van der Waals surface area contributed by atoms with Crippen molar-refractivity contribution in [1.29, 1.82) is 0 Å². The molecule has 1 aromatic carbocycles. The van der Waals surface area contributed by atoms with E-state index < -0.39 is 11.2 Å². The van der Waals surface area contributed by atoms with Gasteiger partial charge in [0.25, 0.3) is 5.56 Å². The normalized spacial score (nSPS) is 14.2. The molecule has 1 N–H and O–H groups in total. The summed E-state index contributed by atoms with van der Waals surface area (Å²) in [6.07, 6.45) is 1.09. The first-order valence-corrected chi connectivity index (χ1v) is 9.32. The summed E-state index contributed by atoms with van der Waals surface area (Å²) < 4.78 is 6.07. The second-order valence-corrected chi connectivity index (χ2v) is 6.51. The van der Waals surface area contributed by atoms with Crippen LogP contribution in [0.2, 0.25) is 0 Å². The van der Waals surface area contributed by atoms with Crippen molar-refractivity contribution in [2.75, 3.05) is 37.7 Å². The van der Waals surface area contributed by atoms with Gasteiger partial charge in [-0.15, -0.1) is 0 Å². The largest absolute Gasteiger partial charge is 0.450 e. The molecule has 0 radical (unpaired) electrons. The van der Waals surface area contributed by atoms with Gasteiger partial charge < -0.3 is 14.5 Å². The van der Waals surface area contributed by atoms with Crippen molar-refractivity contribution < 1.29 is 9.53 Å². The fourth-order valence-corrected chi connectivity index (χ4v) is 3.26. The SMILES string of the molecule is CCOC(=O)N1CCN(c2ncc3c(=O)n(-c4ccccc4)c(=O)[nH]c3n2)CC1. The van der Waals surface area contributed by atoms with E-state index in [1.165, 1.54) is 6.20 Å². The van der Waals surface area contributed by atoms with Crippen molar-refractivity contribution in [2.45, 2.75) is 6.92 Å². The summed E-state index contributed by atoms with van der Waals surface area (Å²) in [6.45, 7) is 4.11. The van der Waals surface area contributed by atoms with Gasteiger partial charge in [0.05, 0.1) is 12.3 Å². The van der Waals surface area contributed by atoms with Gasteiger partial charge in [-0.2, -0.15) is 4.98 Å². The Morgan fingerprint density at radius 1 is 1.14 bits per heavy atom. The summed E-state index contributed by atoms with van der Waals surface area (Å²) >= 11 is 0. The molecule has 0 atom stereocenters. The third-order valence-electron chi connectivity index (χ3n) is 4.74. The maximum absolute atomic E-state index is 12.8. The van der Waals surface area contributed by atoms with Crippen LogP contribution in [-0.4, -0.2) is 63.3 Å². The van der Waals surface area contributed by atoms with Gasteiger partial charge >= 0.3 is 11.8 Å². The van der Waals surface area contributed by atoms with Gasteiger partial charge in [0, 0.05) is 32.4 Å². The van der Waals surface area contributed by atoms with E-state index in [0.29, 0.717) is 44.4 Å². The number of piperazine rings is 1. The van der Waals surface area contributed by atoms with Crippen LogP contribution in [0.1, 0.15) is 6.92 Å². The maximum Gasteiger partial charge on any atom is 0.409 e. The van der Waals surface area contributed by atoms with Crippen LogP contribution in [0.15, 0.2) is 46.1 Å². The van der Waals surface area contributed by atoms with Gasteiger partial charge in [-0.3, -0.25) is 9.78 Å². The van der Waals surface area contributed by atoms with E-state index in [2.05, 4.69) is 15.0 Å². The molecule has 0 bridgehead atoms. The van der Waals surface area contributed by atoms with Gasteiger partial charge in [-0.25, -0.2) is 19.1 Å². The molecule has 0 saturated carbocycles. The Labute approximate surface area is 165 Å². The van der Waals surface area contributed by atoms with Gasteiger partial charge in [0.15, 0.2) is 5.65 Å². The lowest BCUT2D eigenvalue weighted by Crippen LogP contribution is -2.49. The first-order chi connectivity index (χ1) is 14.1. The number of anilines is 1. The number of benzene rings is 1. The van der Waals surface area contributed by atoms with Crippen LogP contribution in [0.4, 0.5) is 10.7 Å². The third-order valence-corrected chi connectivity index (χ3v) is 4.74. The quantitative estimate of drug-likeness (QED) is 0.695. The average molecular weight is 396 g/mol. The number of fused-ring (bicyclic) bond motifs is 1. The van der Waals surface area contributed by atoms with E-state index in [0.717, 1.165) is 4.57 Å². The minimum Gasteiger partial charge on any atom is -0.450 e. The summed E-state index contributed by atoms with van der Waals surface area (Å²) in [4.78, 5) is 52.0. The topological polar surface area (TPSA) is 113 Å². The van der Waals surface area contributed by atoms with Gasteiger partial charge in [-0.1, -0.05) is 18.2 Å². The molecule has 1 amide bonds. The summed E-state index contributed by atoms with van der Waals surface area (Å²) in [6, 6.07) is 8.67. The Balaban J connectivity index is 1.62. The molecule has 1 fully saturated rings. The molecule has 3 heterocycles. The first-order valence-electron chi connectivity index (χ1n) is 9.32. The minimum atomic E-state index is -0.564. The number of rotatable bonds is 3. The Bertz CT molecular complexity index is 1150. The highest BCUT2D eigenvalue weighted by Gasteiger charge is 2.24. The van der Waals surface area contributed by atoms with Gasteiger partial charge in [-0.05, 0) is 19.1 Å². The number of hydrogen-bond acceptors (Lipinski definition) is 7. The smallest absolute Gasteiger partial charge is 0.409 e. The second kappa shape index (κ2) is 7.74. The number of carbonyl (C=O) groups excluding carboxylic acids is 1. The monoisotopic (exact) mass is 396 g/mol. The molecular weight excluding hydrogens is 376 g/mol. The zero-order valence-corrected chi connectivity index (χ0v) is 15.9. The Morgan fingerprint density at radius 2 is 1.86 bits per heavy atom. The number of carbonyl (C=O) groups is 1. The zero-order valence-electron chi connectivity index (χ0n) is 15.9. The Kier molecular flexibility index (Phi) is 4.98. The highest BCUT2D eigenvalue weighted by Crippen LogP contribution is 2.14. The number of aromatic amines is 1. The van der Waals surface area contributed by atoms with Crippen LogP contribution in [0.5, 0.6) is 0 Å². The number of nitrogens with zero attached hydrogens (tertiary/aromatic N) is 5. The van der Waals surface area contributed by atoms with E-state index in [1.807, 2.05) is 4.90 Å². The zero-order chi connectivity index (χ0) is 20.4. The summed E-state index contributed by atoms with van der Waals surface area (Å²) in [7, 11) is 0. The molecule has 29 heavy (non-hydrogen) atoms. The van der Waals surface area contributed by atoms with Crippen LogP contribution in [-0.2, 0) is 4.74 Å². The third kappa shape index (κ3) is 3.56. The number of aromatic nitrogens is 4. The van der Waals surface area contributed by atoms with Crippen LogP contribution < -0.4 is 16.1 Å². The van der Waals surface area contributed by atoms with Crippen molar-refractivity contribution in [3.8, 4) is 5.69 Å². The highest BCUT2D eigenvalue weighted by molar-refractivity contribution is 5.74. The number of para-hydroxylation sites is 1. The number of amides is 1. The molecule has 1 saturated heterocycles. The highest BCUT2D eigenvalue weighted by atomic mass is 16.6. The summed E-state index contributed by atoms with van der Waals surface area (Å²) in [5.41, 5.74) is -0.385. The minimum absolute atomic E-state index is 0.185. The molecule has 1 aliphatic heterocycles. The molecular formula is C19H20N6O4. The van der Waals surface area contributed by atoms with Gasteiger partial charge in [0.2, 0.25) is 5.95 Å². The van der Waals surface area contributed by atoms with E-state index in [1.54, 1.807) is 42.2 Å². The van der Waals surface area contributed by atoms with Gasteiger partial charge in [0.1, 0.15) is 5.39 Å². The van der Waals surface area contributed by atoms with Crippen molar-refractivity contribution >= 4 is 23.1 Å². The molecule has 10 heteroatoms. The number of H-pyrrole nitrogens is 1. The lowest BCUT2D eigenvalue weighted by molar-refractivity contribution is 0.105. The Hall–Kier alpha value is -3.69. The van der Waals surface area contributed by atoms with Crippen molar-refractivity contribution in [3.05, 3.63) is 57.4 Å². The summed E-state index contributed by atoms with van der Waals surface area (Å²) in [5, 5.41) is 0.224. The van der Waals surface area contributed by atoms with Crippen molar-refractivity contribution in [1.82, 2.24) is 24.4 Å². The number of nitrogens with one attached hydrogen (secondary N) is 1. The fourth-order valence-electron chi connectivity index (χ4n) is 3.26. The van der Waals surface area contributed by atoms with Crippen LogP contribution in [0.3, 0.4) is 0 Å². The van der Waals surface area contributed by atoms with Crippen molar-refractivity contribution in [3.63, 3.8) is 0 Å². The number of ether oxygens (including phenoxy) is 1. The molecule has 2 aromatic heterocycles. The lowest BCUT2D eigenvalue weighted by atomic mass is 10.3. The van der Waals surface area contributed by atoms with Crippen LogP contribution in [0.25, 0.3) is 16.7 Å². The molecule has 4 rings (SSSR count). The molecule has 0 spiro atoms. The van der Waals surface area contributed by atoms with E-state index in [9.17, 15) is 14.4 Å². The van der Waals surface area contributed by atoms with Crippen molar-refractivity contribution in [2.24, 2.45) is 0 Å². The average Bonchev–Trinajstić information content (AvgIpc) is 2.74. The standard InChI is InChI=1S/C19H20N6O4/c1-2-29-19(28)24-10-8-23(9-11-24)17-20-12-14-15(21-17)22-18(27)25(16(14)26)13-6-4-3-5-7-13/h3-7,12H,2,8-11H2,1H3,(H,20,21,22,27). The molecule has 10 nitrogen and oxygen atoms in total. The molecule has 0 aliphatic carbocycles. The maximum atomic E-state index is 12.8. The van der Waals surface area contributed by atoms with E-state index in [-0.39, 0.29) is 17.1 Å². The predicted molar refractivity (Wildman–Crippen MR) is 107 cm³/mol. The fraction of sp³-hybridized carbons (Fsp3) is 0.316. The van der Waals surface area contributed by atoms with Crippen LogP contribution >= 0.6 is 0 Å². The molecule has 150 valence electrons. The van der Waals surface area contributed by atoms with E-state index in [4.69, 9.17) is 4.74 Å². The second-order valence-electron chi connectivity index (χ2n) is 6.51. The van der Waals surface area contributed by atoms with E-state index >= 15 is 0 Å². The lowest BCUT2D eigenvalue weighted by Gasteiger charge is -2.33. The van der Waals surface area contributed by atoms with Crippen LogP contribution in [0, 0.1) is 0 Å². The molecule has 1 aliphatic rings.